The lowest BCUT2D eigenvalue weighted by Gasteiger charge is -2.39. The molecule has 2 bridgehead atoms. The molecule has 2 aliphatic carbocycles. The minimum atomic E-state index is -0.293. The van der Waals surface area contributed by atoms with E-state index in [-0.39, 0.29) is 17.4 Å². The molecule has 110 valence electrons. The fourth-order valence-electron chi connectivity index (χ4n) is 4.04. The number of methoxy groups -OCH3 is 1. The predicted octanol–water partition coefficient (Wildman–Crippen LogP) is 3.61. The smallest absolute Gasteiger partial charge is 0.313 e. The summed E-state index contributed by atoms with van der Waals surface area (Å²) in [5.74, 6) is 0.583. The molecule has 1 aromatic rings. The zero-order valence-corrected chi connectivity index (χ0v) is 13.2. The van der Waals surface area contributed by atoms with Crippen molar-refractivity contribution in [3.8, 4) is 0 Å². The van der Waals surface area contributed by atoms with Crippen LogP contribution in [0.3, 0.4) is 0 Å². The van der Waals surface area contributed by atoms with Crippen LogP contribution in [0, 0.1) is 11.3 Å². The highest BCUT2D eigenvalue weighted by Gasteiger charge is 2.55. The van der Waals surface area contributed by atoms with Crippen molar-refractivity contribution < 1.29 is 9.53 Å². The van der Waals surface area contributed by atoms with Gasteiger partial charge in [0, 0.05) is 17.5 Å². The summed E-state index contributed by atoms with van der Waals surface area (Å²) >= 11 is 7.57. The molecule has 0 saturated heterocycles. The van der Waals surface area contributed by atoms with Crippen LogP contribution in [-0.4, -0.2) is 19.1 Å². The van der Waals surface area contributed by atoms with Crippen molar-refractivity contribution in [3.05, 3.63) is 21.3 Å². The van der Waals surface area contributed by atoms with Crippen molar-refractivity contribution in [2.24, 2.45) is 11.3 Å². The Morgan fingerprint density at radius 1 is 1.50 bits per heavy atom. The molecule has 3 unspecified atom stereocenters. The maximum absolute atomic E-state index is 12.3. The van der Waals surface area contributed by atoms with E-state index < -0.39 is 0 Å². The van der Waals surface area contributed by atoms with Crippen LogP contribution in [0.5, 0.6) is 0 Å². The summed E-state index contributed by atoms with van der Waals surface area (Å²) in [4.78, 5) is 13.5. The number of hydrogen-bond donors (Lipinski definition) is 1. The van der Waals surface area contributed by atoms with Crippen molar-refractivity contribution in [2.45, 2.75) is 44.7 Å². The van der Waals surface area contributed by atoms with Crippen LogP contribution < -0.4 is 5.32 Å². The van der Waals surface area contributed by atoms with Crippen LogP contribution >= 0.6 is 22.9 Å². The van der Waals surface area contributed by atoms with Gasteiger partial charge in [-0.2, -0.15) is 0 Å². The highest BCUT2D eigenvalue weighted by atomic mass is 35.5. The highest BCUT2D eigenvalue weighted by Crippen LogP contribution is 2.52. The predicted molar refractivity (Wildman–Crippen MR) is 81.0 cm³/mol. The van der Waals surface area contributed by atoms with E-state index >= 15 is 0 Å². The van der Waals surface area contributed by atoms with Crippen LogP contribution in [-0.2, 0) is 16.1 Å². The summed E-state index contributed by atoms with van der Waals surface area (Å²) in [7, 11) is 1.51. The second-order valence-electron chi connectivity index (χ2n) is 5.90. The van der Waals surface area contributed by atoms with Crippen LogP contribution in [0.1, 0.15) is 37.0 Å². The first-order valence-electron chi connectivity index (χ1n) is 7.22. The molecular formula is C15H20ClNO2S. The van der Waals surface area contributed by atoms with Crippen LogP contribution in [0.4, 0.5) is 0 Å². The molecule has 5 heteroatoms. The third-order valence-electron chi connectivity index (χ3n) is 4.94. The van der Waals surface area contributed by atoms with Gasteiger partial charge in [0.25, 0.3) is 0 Å². The molecule has 2 fully saturated rings. The van der Waals surface area contributed by atoms with Gasteiger partial charge in [-0.3, -0.25) is 4.79 Å². The summed E-state index contributed by atoms with van der Waals surface area (Å²) in [5.41, 5.74) is -0.293. The summed E-state index contributed by atoms with van der Waals surface area (Å²) < 4.78 is 5.92. The topological polar surface area (TPSA) is 38.3 Å². The Bertz CT molecular complexity index is 500. The number of nitrogens with one attached hydrogen (secondary N) is 1. The Labute approximate surface area is 128 Å². The van der Waals surface area contributed by atoms with Crippen molar-refractivity contribution in [2.75, 3.05) is 7.11 Å². The number of ether oxygens (including phenoxy) is 1. The van der Waals surface area contributed by atoms with Crippen LogP contribution in [0.2, 0.25) is 4.34 Å². The number of rotatable bonds is 4. The summed E-state index contributed by atoms with van der Waals surface area (Å²) in [5, 5.41) is 3.62. The van der Waals surface area contributed by atoms with E-state index in [0.29, 0.717) is 5.92 Å². The minimum absolute atomic E-state index is 0.0265. The molecule has 0 amide bonds. The van der Waals surface area contributed by atoms with Gasteiger partial charge >= 0.3 is 5.97 Å². The molecule has 2 saturated carbocycles. The van der Waals surface area contributed by atoms with E-state index in [1.807, 2.05) is 6.07 Å². The Morgan fingerprint density at radius 2 is 2.35 bits per heavy atom. The van der Waals surface area contributed by atoms with Gasteiger partial charge in [0.15, 0.2) is 0 Å². The minimum Gasteiger partial charge on any atom is -0.469 e. The lowest BCUT2D eigenvalue weighted by atomic mass is 9.71. The van der Waals surface area contributed by atoms with E-state index in [4.69, 9.17) is 16.3 Å². The van der Waals surface area contributed by atoms with Crippen molar-refractivity contribution in [1.29, 1.82) is 0 Å². The van der Waals surface area contributed by atoms with E-state index in [9.17, 15) is 4.79 Å². The maximum atomic E-state index is 12.3. The maximum Gasteiger partial charge on any atom is 0.313 e. The van der Waals surface area contributed by atoms with Crippen molar-refractivity contribution >= 4 is 28.9 Å². The molecule has 0 radical (unpaired) electrons. The molecule has 0 aromatic carbocycles. The van der Waals surface area contributed by atoms with Gasteiger partial charge in [0.2, 0.25) is 0 Å². The molecule has 3 atom stereocenters. The number of hydrogen-bond acceptors (Lipinski definition) is 4. The van der Waals surface area contributed by atoms with Gasteiger partial charge in [-0.25, -0.2) is 0 Å². The average Bonchev–Trinajstić information content (AvgIpc) is 2.94. The Hall–Kier alpha value is -0.580. The van der Waals surface area contributed by atoms with Gasteiger partial charge in [0.05, 0.1) is 16.9 Å². The number of thiophene rings is 1. The average molecular weight is 314 g/mol. The van der Waals surface area contributed by atoms with Crippen molar-refractivity contribution in [3.63, 3.8) is 0 Å². The van der Waals surface area contributed by atoms with Gasteiger partial charge in [-0.15, -0.1) is 11.3 Å². The molecule has 1 N–H and O–H groups in total. The third-order valence-corrected chi connectivity index (χ3v) is 6.17. The largest absolute Gasteiger partial charge is 0.469 e. The molecule has 1 aromatic heterocycles. The number of halogens is 1. The number of carbonyl (C=O) groups excluding carboxylic acids is 1. The quantitative estimate of drug-likeness (QED) is 0.863. The van der Waals surface area contributed by atoms with Gasteiger partial charge in [-0.1, -0.05) is 18.0 Å². The van der Waals surface area contributed by atoms with Gasteiger partial charge < -0.3 is 10.1 Å². The molecule has 3 nitrogen and oxygen atoms in total. The number of esters is 1. The molecule has 2 aliphatic rings. The number of fused-ring (bicyclic) bond motifs is 2. The van der Waals surface area contributed by atoms with Gasteiger partial charge in [0.1, 0.15) is 0 Å². The van der Waals surface area contributed by atoms with Crippen LogP contribution in [0.25, 0.3) is 0 Å². The SMILES string of the molecule is COC(=O)C12CCCC(CC1)C2NCc1ccc(Cl)s1. The monoisotopic (exact) mass is 313 g/mol. The second kappa shape index (κ2) is 5.66. The molecule has 0 aliphatic heterocycles. The normalized spacial score (nSPS) is 32.3. The lowest BCUT2D eigenvalue weighted by molar-refractivity contribution is -0.155. The zero-order valence-electron chi connectivity index (χ0n) is 11.7. The first-order valence-corrected chi connectivity index (χ1v) is 8.41. The van der Waals surface area contributed by atoms with Crippen LogP contribution in [0.15, 0.2) is 12.1 Å². The van der Waals surface area contributed by atoms with E-state index in [0.717, 1.165) is 36.6 Å². The molecule has 1 heterocycles. The van der Waals surface area contributed by atoms with Gasteiger partial charge in [-0.05, 0) is 43.7 Å². The summed E-state index contributed by atoms with van der Waals surface area (Å²) in [6.45, 7) is 0.789. The first kappa shape index (κ1) is 14.4. The third kappa shape index (κ3) is 2.38. The van der Waals surface area contributed by atoms with E-state index in [2.05, 4.69) is 11.4 Å². The lowest BCUT2D eigenvalue weighted by Crippen LogP contribution is -2.51. The van der Waals surface area contributed by atoms with Crippen molar-refractivity contribution in [1.82, 2.24) is 5.32 Å². The Morgan fingerprint density at radius 3 is 3.05 bits per heavy atom. The highest BCUT2D eigenvalue weighted by molar-refractivity contribution is 7.16. The molecule has 0 spiro atoms. The second-order valence-corrected chi connectivity index (χ2v) is 7.70. The fraction of sp³-hybridized carbons (Fsp3) is 0.667. The Kier molecular flexibility index (Phi) is 4.07. The first-order chi connectivity index (χ1) is 9.65. The Balaban J connectivity index is 1.74. The summed E-state index contributed by atoms with van der Waals surface area (Å²) in [6, 6.07) is 4.23. The molecule has 3 rings (SSSR count). The molecule has 20 heavy (non-hydrogen) atoms. The molecular weight excluding hydrogens is 294 g/mol. The summed E-state index contributed by atoms with van der Waals surface area (Å²) in [6.07, 6.45) is 5.43. The number of carbonyl (C=O) groups is 1. The standard InChI is InChI=1S/C15H20ClNO2S/c1-19-14(18)15-7-2-3-10(6-8-15)13(15)17-9-11-4-5-12(16)20-11/h4-5,10,13,17H,2-3,6-9H2,1H3. The van der Waals surface area contributed by atoms with E-state index in [1.54, 1.807) is 11.3 Å². The van der Waals surface area contributed by atoms with E-state index in [1.165, 1.54) is 18.4 Å². The zero-order chi connectivity index (χ0) is 14.2. The fourth-order valence-corrected chi connectivity index (χ4v) is 5.08.